The summed E-state index contributed by atoms with van der Waals surface area (Å²) in [7, 11) is -3.43. The molecule has 1 aliphatic carbocycles. The highest BCUT2D eigenvalue weighted by Crippen LogP contribution is 2.27. The Hall–Kier alpha value is -0.390. The molecule has 0 saturated heterocycles. The van der Waals surface area contributed by atoms with Crippen LogP contribution in [0.3, 0.4) is 0 Å². The van der Waals surface area contributed by atoms with Gasteiger partial charge in [-0.25, -0.2) is 13.6 Å². The molecule has 4 nitrogen and oxygen atoms in total. The van der Waals surface area contributed by atoms with Crippen LogP contribution in [0.4, 0.5) is 0 Å². The topological polar surface area (TPSA) is 86.2 Å². The molecule has 5 heteroatoms. The molecule has 1 unspecified atom stereocenters. The Balaban J connectivity index is 2.58. The minimum atomic E-state index is -3.43. The van der Waals surface area contributed by atoms with Gasteiger partial charge < -0.3 is 5.73 Å². The number of hydrogen-bond donors (Lipinski definition) is 2. The molecule has 0 aliphatic heterocycles. The van der Waals surface area contributed by atoms with Crippen LogP contribution in [-0.4, -0.2) is 15.0 Å². The van der Waals surface area contributed by atoms with Crippen molar-refractivity contribution in [3.63, 3.8) is 0 Å². The first-order chi connectivity index (χ1) is 6.04. The van der Waals surface area contributed by atoms with Crippen molar-refractivity contribution in [2.75, 3.05) is 6.54 Å². The second-order valence-electron chi connectivity index (χ2n) is 3.43. The normalized spacial score (nSPS) is 24.2. The number of nitrogens with two attached hydrogens (primary N) is 2. The van der Waals surface area contributed by atoms with E-state index in [0.717, 1.165) is 19.3 Å². The van der Waals surface area contributed by atoms with E-state index in [1.807, 2.05) is 0 Å². The Morgan fingerprint density at radius 2 is 2.23 bits per heavy atom. The fraction of sp³-hybridized carbons (Fsp3) is 0.750. The molecule has 0 saturated carbocycles. The van der Waals surface area contributed by atoms with Crippen LogP contribution >= 0.6 is 0 Å². The van der Waals surface area contributed by atoms with Crippen LogP contribution in [0.2, 0.25) is 0 Å². The molecule has 0 spiro atoms. The lowest BCUT2D eigenvalue weighted by Crippen LogP contribution is -2.19. The molecular formula is C8H16N2O2S. The summed E-state index contributed by atoms with van der Waals surface area (Å²) < 4.78 is 21.9. The van der Waals surface area contributed by atoms with Crippen molar-refractivity contribution < 1.29 is 8.42 Å². The van der Waals surface area contributed by atoms with E-state index in [0.29, 0.717) is 23.8 Å². The van der Waals surface area contributed by atoms with Gasteiger partial charge in [-0.15, -0.1) is 0 Å². The van der Waals surface area contributed by atoms with E-state index < -0.39 is 10.0 Å². The average Bonchev–Trinajstić information content (AvgIpc) is 2.04. The van der Waals surface area contributed by atoms with Crippen LogP contribution in [0, 0.1) is 5.92 Å². The summed E-state index contributed by atoms with van der Waals surface area (Å²) in [6.07, 6.45) is 4.96. The van der Waals surface area contributed by atoms with Crippen LogP contribution in [0.5, 0.6) is 0 Å². The smallest absolute Gasteiger partial charge is 0.233 e. The van der Waals surface area contributed by atoms with Crippen molar-refractivity contribution >= 4 is 10.0 Å². The Bertz CT molecular complexity index is 295. The molecule has 13 heavy (non-hydrogen) atoms. The Morgan fingerprint density at radius 1 is 1.54 bits per heavy atom. The van der Waals surface area contributed by atoms with Crippen molar-refractivity contribution in [3.05, 3.63) is 11.0 Å². The third kappa shape index (κ3) is 3.10. The molecule has 0 aromatic rings. The van der Waals surface area contributed by atoms with Gasteiger partial charge in [-0.3, -0.25) is 0 Å². The SMILES string of the molecule is NCCC1CC=C(S(N)(=O)=O)CC1. The maximum atomic E-state index is 10.9. The second kappa shape index (κ2) is 4.21. The molecule has 0 heterocycles. The number of hydrogen-bond acceptors (Lipinski definition) is 3. The predicted octanol–water partition coefficient (Wildman–Crippen LogP) is 0.308. The van der Waals surface area contributed by atoms with E-state index >= 15 is 0 Å². The zero-order valence-corrected chi connectivity index (χ0v) is 8.39. The van der Waals surface area contributed by atoms with Gasteiger partial charge in [0.05, 0.1) is 4.91 Å². The molecule has 0 bridgehead atoms. The van der Waals surface area contributed by atoms with Gasteiger partial charge in [0.2, 0.25) is 10.0 Å². The molecule has 4 N–H and O–H groups in total. The van der Waals surface area contributed by atoms with Gasteiger partial charge in [0.1, 0.15) is 0 Å². The van der Waals surface area contributed by atoms with Crippen LogP contribution in [-0.2, 0) is 10.0 Å². The fourth-order valence-electron chi connectivity index (χ4n) is 1.62. The van der Waals surface area contributed by atoms with Crippen LogP contribution in [0.1, 0.15) is 25.7 Å². The van der Waals surface area contributed by atoms with E-state index in [2.05, 4.69) is 0 Å². The maximum Gasteiger partial charge on any atom is 0.233 e. The number of rotatable bonds is 3. The summed E-state index contributed by atoms with van der Waals surface area (Å²) in [5.74, 6) is 0.537. The van der Waals surface area contributed by atoms with Crippen molar-refractivity contribution in [1.29, 1.82) is 0 Å². The first-order valence-corrected chi connectivity index (χ1v) is 6.00. The van der Waals surface area contributed by atoms with E-state index in [1.54, 1.807) is 6.08 Å². The van der Waals surface area contributed by atoms with Gasteiger partial charge in [-0.2, -0.15) is 0 Å². The minimum Gasteiger partial charge on any atom is -0.330 e. The molecular weight excluding hydrogens is 188 g/mol. The molecule has 0 aromatic carbocycles. The molecule has 0 amide bonds. The summed E-state index contributed by atoms with van der Waals surface area (Å²) in [4.78, 5) is 0.390. The lowest BCUT2D eigenvalue weighted by Gasteiger charge is -2.19. The summed E-state index contributed by atoms with van der Waals surface area (Å²) in [5, 5.41) is 5.01. The number of allylic oxidation sites excluding steroid dienone is 2. The Kier molecular flexibility index (Phi) is 3.47. The summed E-state index contributed by atoms with van der Waals surface area (Å²) in [5.41, 5.74) is 5.42. The monoisotopic (exact) mass is 204 g/mol. The third-order valence-corrected chi connectivity index (χ3v) is 3.52. The molecule has 1 atom stereocenters. The van der Waals surface area contributed by atoms with Crippen molar-refractivity contribution in [3.8, 4) is 0 Å². The van der Waals surface area contributed by atoms with E-state index in [-0.39, 0.29) is 0 Å². The zero-order valence-electron chi connectivity index (χ0n) is 7.57. The quantitative estimate of drug-likeness (QED) is 0.693. The molecule has 0 radical (unpaired) electrons. The van der Waals surface area contributed by atoms with Gasteiger partial charge in [0.15, 0.2) is 0 Å². The van der Waals surface area contributed by atoms with E-state index in [9.17, 15) is 8.42 Å². The molecule has 76 valence electrons. The third-order valence-electron chi connectivity index (χ3n) is 2.42. The highest BCUT2D eigenvalue weighted by atomic mass is 32.2. The van der Waals surface area contributed by atoms with Gasteiger partial charge in [0.25, 0.3) is 0 Å². The number of sulfonamides is 1. The van der Waals surface area contributed by atoms with E-state index in [4.69, 9.17) is 10.9 Å². The summed E-state index contributed by atoms with van der Waals surface area (Å²) in [6, 6.07) is 0. The summed E-state index contributed by atoms with van der Waals surface area (Å²) in [6.45, 7) is 0.670. The van der Waals surface area contributed by atoms with Gasteiger partial charge in [-0.05, 0) is 38.1 Å². The average molecular weight is 204 g/mol. The number of primary sulfonamides is 1. The van der Waals surface area contributed by atoms with Crippen molar-refractivity contribution in [2.24, 2.45) is 16.8 Å². The van der Waals surface area contributed by atoms with Gasteiger partial charge in [0, 0.05) is 0 Å². The van der Waals surface area contributed by atoms with Crippen LogP contribution in [0.15, 0.2) is 11.0 Å². The predicted molar refractivity (Wildman–Crippen MR) is 52.2 cm³/mol. The highest BCUT2D eigenvalue weighted by Gasteiger charge is 2.19. The van der Waals surface area contributed by atoms with E-state index in [1.165, 1.54) is 0 Å². The lowest BCUT2D eigenvalue weighted by molar-refractivity contribution is 0.447. The second-order valence-corrected chi connectivity index (χ2v) is 5.05. The van der Waals surface area contributed by atoms with Crippen molar-refractivity contribution in [2.45, 2.75) is 25.7 Å². The standard InChI is InChI=1S/C8H16N2O2S/c9-6-5-7-1-3-8(4-2-7)13(10,11)12/h3,7H,1-2,4-6,9H2,(H2,10,11,12). The maximum absolute atomic E-state index is 10.9. The highest BCUT2D eigenvalue weighted by molar-refractivity contribution is 7.93. The van der Waals surface area contributed by atoms with Crippen LogP contribution < -0.4 is 10.9 Å². The first kappa shape index (κ1) is 10.7. The fourth-order valence-corrected chi connectivity index (χ4v) is 2.35. The summed E-state index contributed by atoms with van der Waals surface area (Å²) >= 11 is 0. The first-order valence-electron chi connectivity index (χ1n) is 4.46. The van der Waals surface area contributed by atoms with Crippen LogP contribution in [0.25, 0.3) is 0 Å². The largest absolute Gasteiger partial charge is 0.330 e. The lowest BCUT2D eigenvalue weighted by atomic mass is 9.91. The Labute approximate surface area is 79.0 Å². The molecule has 1 aliphatic rings. The zero-order chi connectivity index (χ0) is 9.90. The molecule has 1 rings (SSSR count). The van der Waals surface area contributed by atoms with Gasteiger partial charge in [-0.1, -0.05) is 6.08 Å². The minimum absolute atomic E-state index is 0.390. The Morgan fingerprint density at radius 3 is 2.62 bits per heavy atom. The molecule has 0 aromatic heterocycles. The van der Waals surface area contributed by atoms with Gasteiger partial charge >= 0.3 is 0 Å². The molecule has 0 fully saturated rings. The van der Waals surface area contributed by atoms with Crippen molar-refractivity contribution in [1.82, 2.24) is 0 Å².